The fourth-order valence-corrected chi connectivity index (χ4v) is 6.41. The van der Waals surface area contributed by atoms with Gasteiger partial charge < -0.3 is 14.4 Å². The van der Waals surface area contributed by atoms with Gasteiger partial charge in [-0.2, -0.15) is 0 Å². The van der Waals surface area contributed by atoms with E-state index in [1.165, 1.54) is 12.1 Å². The first-order chi connectivity index (χ1) is 20.4. The Morgan fingerprint density at radius 2 is 1.48 bits per heavy atom. The van der Waals surface area contributed by atoms with Gasteiger partial charge in [-0.15, -0.1) is 0 Å². The smallest absolute Gasteiger partial charge is 0.269 e. The van der Waals surface area contributed by atoms with Crippen molar-refractivity contribution in [1.29, 1.82) is 0 Å². The zero-order chi connectivity index (χ0) is 29.2. The number of methoxy groups -OCH3 is 1. The average molecular weight is 565 g/mol. The molecule has 1 heterocycles. The van der Waals surface area contributed by atoms with Crippen LogP contribution in [0.4, 0.5) is 5.69 Å². The van der Waals surface area contributed by atoms with E-state index in [1.807, 2.05) is 30.3 Å². The number of benzene rings is 3. The lowest BCUT2D eigenvalue weighted by molar-refractivity contribution is -0.384. The number of non-ortho nitro benzene ring substituents is 1. The van der Waals surface area contributed by atoms with Gasteiger partial charge in [0.25, 0.3) is 5.69 Å². The molecule has 3 aromatic carbocycles. The number of hydrogen-bond acceptors (Lipinski definition) is 7. The lowest BCUT2D eigenvalue weighted by Crippen LogP contribution is -2.38. The number of carbonyl (C=O) groups is 2. The highest BCUT2D eigenvalue weighted by atomic mass is 16.6. The second-order valence-corrected chi connectivity index (χ2v) is 10.9. The quantitative estimate of drug-likeness (QED) is 0.219. The van der Waals surface area contributed by atoms with Gasteiger partial charge in [0.05, 0.1) is 12.0 Å². The van der Waals surface area contributed by atoms with Crippen LogP contribution in [0.1, 0.15) is 61.1 Å². The Hall–Kier alpha value is -4.72. The molecule has 0 spiro atoms. The third-order valence-electron chi connectivity index (χ3n) is 8.31. The van der Waals surface area contributed by atoms with Gasteiger partial charge in [0.2, 0.25) is 0 Å². The number of ketones is 2. The van der Waals surface area contributed by atoms with Gasteiger partial charge in [0, 0.05) is 60.0 Å². The Bertz CT molecular complexity index is 1580. The molecule has 3 aromatic rings. The summed E-state index contributed by atoms with van der Waals surface area (Å²) in [6, 6.07) is 22.1. The standard InChI is InChI=1S/C34H32N2O6/c1-41-31-19-24(16-17-30(31)42-21-23-10-5-11-25(18-23)36(39)40)32-33-26(12-6-14-28(33)37)35(20-22-8-3-2-4-9-22)27-13-7-15-29(38)34(27)32/h2-5,8-11,16-19,32H,6-7,12-15,20-21H2,1H3. The summed E-state index contributed by atoms with van der Waals surface area (Å²) in [4.78, 5) is 40.2. The topological polar surface area (TPSA) is 99.0 Å². The van der Waals surface area contributed by atoms with Crippen molar-refractivity contribution in [2.45, 2.75) is 57.6 Å². The molecule has 0 radical (unpaired) electrons. The van der Waals surface area contributed by atoms with Crippen LogP contribution in [0.15, 0.2) is 95.3 Å². The molecule has 0 saturated carbocycles. The Kier molecular flexibility index (Phi) is 7.61. The number of allylic oxidation sites excluding steroid dienone is 4. The van der Waals surface area contributed by atoms with Crippen molar-refractivity contribution in [1.82, 2.24) is 4.90 Å². The van der Waals surface area contributed by atoms with E-state index >= 15 is 0 Å². The number of nitro groups is 1. The third kappa shape index (κ3) is 5.20. The minimum absolute atomic E-state index is 0.000485. The highest BCUT2D eigenvalue weighted by molar-refractivity contribution is 6.06. The molecule has 8 nitrogen and oxygen atoms in total. The predicted molar refractivity (Wildman–Crippen MR) is 157 cm³/mol. The molecule has 0 bridgehead atoms. The minimum atomic E-state index is -0.456. The number of nitrogens with zero attached hydrogens (tertiary/aromatic N) is 2. The van der Waals surface area contributed by atoms with Crippen LogP contribution in [0.5, 0.6) is 11.5 Å². The summed E-state index contributed by atoms with van der Waals surface area (Å²) in [5.41, 5.74) is 6.11. The van der Waals surface area contributed by atoms with Crippen molar-refractivity contribution in [3.63, 3.8) is 0 Å². The maximum Gasteiger partial charge on any atom is 0.269 e. The van der Waals surface area contributed by atoms with Crippen molar-refractivity contribution in [3.05, 3.63) is 122 Å². The molecule has 0 unspecified atom stereocenters. The Morgan fingerprint density at radius 1 is 0.810 bits per heavy atom. The predicted octanol–water partition coefficient (Wildman–Crippen LogP) is 6.80. The highest BCUT2D eigenvalue weighted by Crippen LogP contribution is 2.50. The molecule has 3 aliphatic rings. The van der Waals surface area contributed by atoms with E-state index in [2.05, 4.69) is 17.0 Å². The first-order valence-corrected chi connectivity index (χ1v) is 14.3. The fraction of sp³-hybridized carbons (Fsp3) is 0.294. The van der Waals surface area contributed by atoms with Gasteiger partial charge in [0.15, 0.2) is 23.1 Å². The SMILES string of the molecule is COc1cc(C2C3=C(CCCC3=O)N(Cc3ccccc3)C3=C2C(=O)CCC3)ccc1OCc1cccc([N+](=O)[O-])c1. The zero-order valence-corrected chi connectivity index (χ0v) is 23.5. The molecule has 0 atom stereocenters. The maximum absolute atomic E-state index is 13.6. The first kappa shape index (κ1) is 27.4. The van der Waals surface area contributed by atoms with Gasteiger partial charge in [-0.25, -0.2) is 0 Å². The van der Waals surface area contributed by atoms with Crippen LogP contribution < -0.4 is 9.47 Å². The van der Waals surface area contributed by atoms with Gasteiger partial charge in [-0.05, 0) is 54.5 Å². The van der Waals surface area contributed by atoms with E-state index in [4.69, 9.17) is 9.47 Å². The normalized spacial score (nSPS) is 17.2. The van der Waals surface area contributed by atoms with Gasteiger partial charge >= 0.3 is 0 Å². The second kappa shape index (κ2) is 11.6. The molecule has 0 amide bonds. The van der Waals surface area contributed by atoms with E-state index in [9.17, 15) is 19.7 Å². The van der Waals surface area contributed by atoms with Crippen LogP contribution in [0.2, 0.25) is 0 Å². The molecular weight excluding hydrogens is 532 g/mol. The average Bonchev–Trinajstić information content (AvgIpc) is 3.01. The third-order valence-corrected chi connectivity index (χ3v) is 8.31. The fourth-order valence-electron chi connectivity index (χ4n) is 6.41. The maximum atomic E-state index is 13.6. The molecule has 0 aromatic heterocycles. The summed E-state index contributed by atoms with van der Waals surface area (Å²) < 4.78 is 11.7. The number of Topliss-reactive ketones (excluding diaryl/α,β-unsaturated/α-hetero) is 2. The van der Waals surface area contributed by atoms with Crippen LogP contribution in [0, 0.1) is 10.1 Å². The van der Waals surface area contributed by atoms with Crippen molar-refractivity contribution in [2.24, 2.45) is 0 Å². The van der Waals surface area contributed by atoms with E-state index in [0.29, 0.717) is 36.4 Å². The van der Waals surface area contributed by atoms with Crippen molar-refractivity contribution in [3.8, 4) is 11.5 Å². The minimum Gasteiger partial charge on any atom is -0.493 e. The molecule has 0 fully saturated rings. The number of hydrogen-bond donors (Lipinski definition) is 0. The highest BCUT2D eigenvalue weighted by Gasteiger charge is 2.43. The molecular formula is C34H32N2O6. The van der Waals surface area contributed by atoms with E-state index < -0.39 is 10.8 Å². The Morgan fingerprint density at radius 3 is 2.12 bits per heavy atom. The molecule has 0 saturated heterocycles. The van der Waals surface area contributed by atoms with Crippen LogP contribution in [0.25, 0.3) is 0 Å². The van der Waals surface area contributed by atoms with Gasteiger partial charge in [-0.3, -0.25) is 19.7 Å². The first-order valence-electron chi connectivity index (χ1n) is 14.3. The van der Waals surface area contributed by atoms with Crippen molar-refractivity contribution >= 4 is 17.3 Å². The number of carbonyl (C=O) groups excluding carboxylic acids is 2. The van der Waals surface area contributed by atoms with Gasteiger partial charge in [-0.1, -0.05) is 48.5 Å². The van der Waals surface area contributed by atoms with E-state index in [0.717, 1.165) is 59.4 Å². The van der Waals surface area contributed by atoms with Crippen molar-refractivity contribution in [2.75, 3.05) is 7.11 Å². The zero-order valence-electron chi connectivity index (χ0n) is 23.5. The van der Waals surface area contributed by atoms with E-state index in [-0.39, 0.29) is 23.9 Å². The molecule has 1 aliphatic heterocycles. The summed E-state index contributed by atoms with van der Waals surface area (Å²) in [6.45, 7) is 0.746. The molecule has 6 rings (SSSR count). The molecule has 0 N–H and O–H groups in total. The largest absolute Gasteiger partial charge is 0.493 e. The van der Waals surface area contributed by atoms with E-state index in [1.54, 1.807) is 25.3 Å². The molecule has 42 heavy (non-hydrogen) atoms. The van der Waals surface area contributed by atoms with Crippen LogP contribution in [-0.2, 0) is 22.7 Å². The van der Waals surface area contributed by atoms with Crippen LogP contribution in [-0.4, -0.2) is 28.5 Å². The Labute approximate surface area is 244 Å². The monoisotopic (exact) mass is 564 g/mol. The second-order valence-electron chi connectivity index (χ2n) is 10.9. The molecule has 2 aliphatic carbocycles. The molecule has 8 heteroatoms. The summed E-state index contributed by atoms with van der Waals surface area (Å²) in [5.74, 6) is 0.675. The number of ether oxygens (including phenoxy) is 2. The molecule has 214 valence electrons. The summed E-state index contributed by atoms with van der Waals surface area (Å²) >= 11 is 0. The van der Waals surface area contributed by atoms with Gasteiger partial charge in [0.1, 0.15) is 6.61 Å². The number of rotatable bonds is 8. The number of nitro benzene ring substituents is 1. The Balaban J connectivity index is 1.38. The lowest BCUT2D eigenvalue weighted by atomic mass is 9.71. The lowest BCUT2D eigenvalue weighted by Gasteiger charge is -2.44. The van der Waals surface area contributed by atoms with Crippen LogP contribution >= 0.6 is 0 Å². The summed E-state index contributed by atoms with van der Waals surface area (Å²) in [6.07, 6.45) is 4.09. The van der Waals surface area contributed by atoms with Crippen molar-refractivity contribution < 1.29 is 24.0 Å². The summed E-state index contributed by atoms with van der Waals surface area (Å²) in [5, 5.41) is 11.2. The summed E-state index contributed by atoms with van der Waals surface area (Å²) in [7, 11) is 1.55. The van der Waals surface area contributed by atoms with Crippen LogP contribution in [0.3, 0.4) is 0 Å².